The predicted octanol–water partition coefficient (Wildman–Crippen LogP) is 3.36. The standard InChI is InChI=1S/C22H34N4/c1-23-22(24-16-18-15-21(18)17-7-3-2-4-8-17)25-19-11-13-26(14-12-19)20-9-5-6-10-20/h2-4,7-8,18-21H,5-6,9-16H2,1H3,(H2,23,24,25). The van der Waals surface area contributed by atoms with Crippen LogP contribution in [-0.2, 0) is 0 Å². The van der Waals surface area contributed by atoms with E-state index in [2.05, 4.69) is 50.9 Å². The van der Waals surface area contributed by atoms with Crippen LogP contribution in [0.4, 0.5) is 0 Å². The first kappa shape index (κ1) is 17.8. The first-order valence-corrected chi connectivity index (χ1v) is 10.6. The van der Waals surface area contributed by atoms with Gasteiger partial charge in [-0.3, -0.25) is 4.99 Å². The second-order valence-corrected chi connectivity index (χ2v) is 8.36. The summed E-state index contributed by atoms with van der Waals surface area (Å²) in [4.78, 5) is 7.19. The van der Waals surface area contributed by atoms with Crippen molar-refractivity contribution in [3.05, 3.63) is 35.9 Å². The number of benzene rings is 1. The van der Waals surface area contributed by atoms with Crippen LogP contribution in [0.15, 0.2) is 35.3 Å². The molecule has 0 amide bonds. The largest absolute Gasteiger partial charge is 0.356 e. The normalized spacial score (nSPS) is 28.3. The molecule has 1 heterocycles. The van der Waals surface area contributed by atoms with Crippen LogP contribution in [0.3, 0.4) is 0 Å². The summed E-state index contributed by atoms with van der Waals surface area (Å²) < 4.78 is 0. The van der Waals surface area contributed by atoms with Crippen molar-refractivity contribution in [1.29, 1.82) is 0 Å². The number of aliphatic imine (C=N–C) groups is 1. The highest BCUT2D eigenvalue weighted by molar-refractivity contribution is 5.80. The summed E-state index contributed by atoms with van der Waals surface area (Å²) in [6.45, 7) is 3.52. The SMILES string of the molecule is CN=C(NCC1CC1c1ccccc1)NC1CCN(C2CCCC2)CC1. The van der Waals surface area contributed by atoms with E-state index in [-0.39, 0.29) is 0 Å². The molecular weight excluding hydrogens is 320 g/mol. The molecule has 1 aromatic carbocycles. The number of guanidine groups is 1. The summed E-state index contributed by atoms with van der Waals surface area (Å²) in [5.41, 5.74) is 1.49. The molecule has 26 heavy (non-hydrogen) atoms. The van der Waals surface area contributed by atoms with Gasteiger partial charge < -0.3 is 15.5 Å². The molecule has 1 aromatic rings. The van der Waals surface area contributed by atoms with Crippen molar-refractivity contribution in [3.63, 3.8) is 0 Å². The predicted molar refractivity (Wildman–Crippen MR) is 109 cm³/mol. The van der Waals surface area contributed by atoms with Crippen molar-refractivity contribution in [2.45, 2.75) is 62.9 Å². The highest BCUT2D eigenvalue weighted by atomic mass is 15.2. The zero-order chi connectivity index (χ0) is 17.8. The third-order valence-electron chi connectivity index (χ3n) is 6.62. The van der Waals surface area contributed by atoms with E-state index in [0.29, 0.717) is 6.04 Å². The molecule has 3 fully saturated rings. The van der Waals surface area contributed by atoms with Crippen molar-refractivity contribution in [2.75, 3.05) is 26.7 Å². The maximum atomic E-state index is 4.46. The summed E-state index contributed by atoms with van der Waals surface area (Å²) in [6.07, 6.45) is 9.50. The molecule has 0 spiro atoms. The van der Waals surface area contributed by atoms with Gasteiger partial charge in [0.05, 0.1) is 0 Å². The van der Waals surface area contributed by atoms with E-state index in [1.807, 2.05) is 7.05 Å². The molecule has 1 aliphatic heterocycles. The van der Waals surface area contributed by atoms with Gasteiger partial charge in [0.2, 0.25) is 0 Å². The van der Waals surface area contributed by atoms with Gasteiger partial charge >= 0.3 is 0 Å². The lowest BCUT2D eigenvalue weighted by Gasteiger charge is -2.36. The van der Waals surface area contributed by atoms with Gasteiger partial charge in [-0.05, 0) is 49.5 Å². The van der Waals surface area contributed by atoms with E-state index < -0.39 is 0 Å². The summed E-state index contributed by atoms with van der Waals surface area (Å²) >= 11 is 0. The molecule has 4 rings (SSSR count). The van der Waals surface area contributed by atoms with Gasteiger partial charge in [-0.25, -0.2) is 0 Å². The average Bonchev–Trinajstić information content (AvgIpc) is 3.27. The van der Waals surface area contributed by atoms with Crippen LogP contribution in [-0.4, -0.2) is 49.6 Å². The number of hydrogen-bond donors (Lipinski definition) is 2. The van der Waals surface area contributed by atoms with E-state index in [4.69, 9.17) is 0 Å². The first-order chi connectivity index (χ1) is 12.8. The van der Waals surface area contributed by atoms with Crippen LogP contribution in [0.25, 0.3) is 0 Å². The minimum atomic E-state index is 0.572. The lowest BCUT2D eigenvalue weighted by atomic mass is 10.0. The third kappa shape index (κ3) is 4.40. The van der Waals surface area contributed by atoms with E-state index in [9.17, 15) is 0 Å². The lowest BCUT2D eigenvalue weighted by Crippen LogP contribution is -2.50. The van der Waals surface area contributed by atoms with Crippen molar-refractivity contribution in [2.24, 2.45) is 10.9 Å². The highest BCUT2D eigenvalue weighted by Crippen LogP contribution is 2.46. The number of hydrogen-bond acceptors (Lipinski definition) is 2. The van der Waals surface area contributed by atoms with Crippen molar-refractivity contribution < 1.29 is 0 Å². The van der Waals surface area contributed by atoms with Crippen LogP contribution in [0.1, 0.15) is 56.4 Å². The smallest absolute Gasteiger partial charge is 0.191 e. The Morgan fingerprint density at radius 1 is 1.08 bits per heavy atom. The van der Waals surface area contributed by atoms with Gasteiger partial charge in [0.1, 0.15) is 0 Å². The summed E-state index contributed by atoms with van der Waals surface area (Å²) in [5, 5.41) is 7.24. The summed E-state index contributed by atoms with van der Waals surface area (Å²) in [6, 6.07) is 12.4. The fourth-order valence-electron chi connectivity index (χ4n) is 4.88. The van der Waals surface area contributed by atoms with Crippen LogP contribution < -0.4 is 10.6 Å². The molecule has 2 N–H and O–H groups in total. The molecule has 0 radical (unpaired) electrons. The van der Waals surface area contributed by atoms with Crippen LogP contribution in [0.5, 0.6) is 0 Å². The maximum absolute atomic E-state index is 4.46. The molecule has 4 heteroatoms. The molecule has 0 aromatic heterocycles. The van der Waals surface area contributed by atoms with Crippen LogP contribution >= 0.6 is 0 Å². The number of nitrogens with one attached hydrogen (secondary N) is 2. The minimum Gasteiger partial charge on any atom is -0.356 e. The number of rotatable bonds is 5. The molecule has 2 aliphatic carbocycles. The zero-order valence-corrected chi connectivity index (χ0v) is 16.2. The average molecular weight is 355 g/mol. The second-order valence-electron chi connectivity index (χ2n) is 8.36. The Labute approximate surface area is 158 Å². The molecule has 4 nitrogen and oxygen atoms in total. The lowest BCUT2D eigenvalue weighted by molar-refractivity contribution is 0.150. The quantitative estimate of drug-likeness (QED) is 0.629. The van der Waals surface area contributed by atoms with Crippen LogP contribution in [0.2, 0.25) is 0 Å². The van der Waals surface area contributed by atoms with Gasteiger partial charge in [-0.15, -0.1) is 0 Å². The fraction of sp³-hybridized carbons (Fsp3) is 0.682. The topological polar surface area (TPSA) is 39.7 Å². The van der Waals surface area contributed by atoms with E-state index in [0.717, 1.165) is 30.4 Å². The minimum absolute atomic E-state index is 0.572. The van der Waals surface area contributed by atoms with Gasteiger partial charge in [0.15, 0.2) is 5.96 Å². The Bertz CT molecular complexity index is 585. The molecule has 2 saturated carbocycles. The van der Waals surface area contributed by atoms with E-state index >= 15 is 0 Å². The monoisotopic (exact) mass is 354 g/mol. The van der Waals surface area contributed by atoms with E-state index in [1.54, 1.807) is 0 Å². The Morgan fingerprint density at radius 3 is 2.50 bits per heavy atom. The molecule has 3 aliphatic rings. The fourth-order valence-corrected chi connectivity index (χ4v) is 4.88. The van der Waals surface area contributed by atoms with Crippen molar-refractivity contribution >= 4 is 5.96 Å². The number of nitrogens with zero attached hydrogens (tertiary/aromatic N) is 2. The van der Waals surface area contributed by atoms with Crippen molar-refractivity contribution in [1.82, 2.24) is 15.5 Å². The molecule has 142 valence electrons. The Morgan fingerprint density at radius 2 is 1.81 bits per heavy atom. The zero-order valence-electron chi connectivity index (χ0n) is 16.2. The Hall–Kier alpha value is -1.55. The molecule has 2 unspecified atom stereocenters. The van der Waals surface area contributed by atoms with Crippen molar-refractivity contribution in [3.8, 4) is 0 Å². The number of likely N-dealkylation sites (tertiary alicyclic amines) is 1. The van der Waals surface area contributed by atoms with Crippen LogP contribution in [0, 0.1) is 5.92 Å². The number of piperidine rings is 1. The summed E-state index contributed by atoms with van der Waals surface area (Å²) in [7, 11) is 1.89. The maximum Gasteiger partial charge on any atom is 0.191 e. The third-order valence-corrected chi connectivity index (χ3v) is 6.62. The van der Waals surface area contributed by atoms with Gasteiger partial charge in [0, 0.05) is 38.8 Å². The van der Waals surface area contributed by atoms with Gasteiger partial charge in [0.25, 0.3) is 0 Å². The molecular formula is C22H34N4. The first-order valence-electron chi connectivity index (χ1n) is 10.6. The van der Waals surface area contributed by atoms with Gasteiger partial charge in [-0.1, -0.05) is 43.2 Å². The molecule has 2 atom stereocenters. The Kier molecular flexibility index (Phi) is 5.78. The summed E-state index contributed by atoms with van der Waals surface area (Å²) in [5.74, 6) is 2.47. The molecule has 1 saturated heterocycles. The second kappa shape index (κ2) is 8.43. The molecule has 0 bridgehead atoms. The van der Waals surface area contributed by atoms with E-state index in [1.165, 1.54) is 63.6 Å². The highest BCUT2D eigenvalue weighted by Gasteiger charge is 2.38. The van der Waals surface area contributed by atoms with Gasteiger partial charge in [-0.2, -0.15) is 0 Å². The Balaban J connectivity index is 1.17.